The highest BCUT2D eigenvalue weighted by molar-refractivity contribution is 8.01. The fourth-order valence-electron chi connectivity index (χ4n) is 3.96. The molecule has 2 fully saturated rings. The van der Waals surface area contributed by atoms with Crippen LogP contribution in [0.1, 0.15) is 47.8 Å². The van der Waals surface area contributed by atoms with Gasteiger partial charge in [0.2, 0.25) is 5.91 Å². The summed E-state index contributed by atoms with van der Waals surface area (Å²) in [6.07, 6.45) is -0.615. The molecular formula is C24H44N4O6SSi2. The number of nitrogens with two attached hydrogens (primary N) is 1. The summed E-state index contributed by atoms with van der Waals surface area (Å²) < 4.78 is 21.6. The fraction of sp³-hybridized carbons (Fsp3) is 0.792. The second-order valence-corrected chi connectivity index (χ2v) is 24.0. The van der Waals surface area contributed by atoms with E-state index in [0.29, 0.717) is 5.75 Å². The van der Waals surface area contributed by atoms with Crippen LogP contribution in [0.4, 0.5) is 0 Å². The lowest BCUT2D eigenvalue weighted by Crippen LogP contribution is -2.62. The van der Waals surface area contributed by atoms with Crippen LogP contribution in [0.15, 0.2) is 21.9 Å². The normalized spacial score (nSPS) is 29.2. The first kappa shape index (κ1) is 30.3. The van der Waals surface area contributed by atoms with Crippen molar-refractivity contribution in [2.75, 3.05) is 12.4 Å². The van der Waals surface area contributed by atoms with Gasteiger partial charge in [-0.3, -0.25) is 24.5 Å². The zero-order valence-corrected chi connectivity index (χ0v) is 26.6. The molecule has 5 atom stereocenters. The molecule has 0 radical (unpaired) electrons. The maximum absolute atomic E-state index is 12.9. The van der Waals surface area contributed by atoms with E-state index >= 15 is 0 Å². The number of nitrogens with zero attached hydrogens (tertiary/aromatic N) is 1. The molecule has 3 rings (SSSR count). The number of hydrogen-bond donors (Lipinski definition) is 3. The van der Waals surface area contributed by atoms with E-state index in [-0.39, 0.29) is 16.7 Å². The number of carbonyl (C=O) groups excluding carboxylic acids is 1. The Labute approximate surface area is 225 Å². The second-order valence-electron chi connectivity index (χ2n) is 13.1. The Morgan fingerprint density at radius 1 is 1.16 bits per heavy atom. The molecule has 2 saturated heterocycles. The Kier molecular flexibility index (Phi) is 8.25. The number of thioether (sulfide) groups is 1. The van der Waals surface area contributed by atoms with Gasteiger partial charge in [-0.25, -0.2) is 4.79 Å². The molecule has 0 unspecified atom stereocenters. The van der Waals surface area contributed by atoms with Crippen molar-refractivity contribution in [1.82, 2.24) is 14.9 Å². The Hall–Kier alpha value is -1.23. The van der Waals surface area contributed by atoms with Gasteiger partial charge < -0.3 is 19.3 Å². The van der Waals surface area contributed by atoms with Crippen LogP contribution in [0.3, 0.4) is 0 Å². The standard InChI is InChI=1S/C24H44N4O6SSi2/c1-22(2,3)36(7,8)32-13-16-24(27-15(14-35-24)19(25)30)18(34-37(9,10)23(4,5)6)20(33-16)28-12-11-17(29)26-21(28)31/h11-12,15-16,18,20,27H,13-14H2,1-10H3,(H2,25,30)(H,26,29,31)/t15-,16+,18-,20+,24+/m0/s1. The van der Waals surface area contributed by atoms with Crippen molar-refractivity contribution in [2.24, 2.45) is 5.73 Å². The Morgan fingerprint density at radius 2 is 1.76 bits per heavy atom. The first-order chi connectivity index (χ1) is 16.7. The predicted octanol–water partition coefficient (Wildman–Crippen LogP) is 2.73. The van der Waals surface area contributed by atoms with Crippen LogP contribution >= 0.6 is 11.8 Å². The van der Waals surface area contributed by atoms with E-state index in [1.165, 1.54) is 28.6 Å². The number of carbonyl (C=O) groups is 1. The number of rotatable bonds is 7. The van der Waals surface area contributed by atoms with Crippen LogP contribution in [0.5, 0.6) is 0 Å². The number of primary amides is 1. The van der Waals surface area contributed by atoms with Gasteiger partial charge in [0.1, 0.15) is 17.1 Å². The molecule has 210 valence electrons. The maximum Gasteiger partial charge on any atom is 0.330 e. The first-order valence-corrected chi connectivity index (χ1v) is 19.5. The summed E-state index contributed by atoms with van der Waals surface area (Å²) in [7, 11) is -4.56. The lowest BCUT2D eigenvalue weighted by Gasteiger charge is -2.44. The van der Waals surface area contributed by atoms with Gasteiger partial charge in [0, 0.05) is 18.0 Å². The minimum atomic E-state index is -2.40. The van der Waals surface area contributed by atoms with Crippen molar-refractivity contribution in [3.63, 3.8) is 0 Å². The van der Waals surface area contributed by atoms with Crippen LogP contribution < -0.4 is 22.3 Å². The number of hydrogen-bond acceptors (Lipinski definition) is 8. The number of aromatic nitrogens is 2. The summed E-state index contributed by atoms with van der Waals surface area (Å²) in [4.78, 5) is 38.4. The van der Waals surface area contributed by atoms with Crippen LogP contribution in [-0.4, -0.2) is 67.6 Å². The van der Waals surface area contributed by atoms with Gasteiger partial charge in [-0.05, 0) is 36.3 Å². The van der Waals surface area contributed by atoms with Crippen LogP contribution in [0, 0.1) is 0 Å². The van der Waals surface area contributed by atoms with Crippen molar-refractivity contribution in [1.29, 1.82) is 0 Å². The molecule has 1 aromatic rings. The van der Waals surface area contributed by atoms with Crippen LogP contribution in [0.2, 0.25) is 36.3 Å². The second kappa shape index (κ2) is 10.1. The smallest absolute Gasteiger partial charge is 0.330 e. The average Bonchev–Trinajstić information content (AvgIpc) is 3.29. The zero-order valence-electron chi connectivity index (χ0n) is 23.8. The molecule has 1 spiro atoms. The molecular weight excluding hydrogens is 529 g/mol. The minimum Gasteiger partial charge on any atom is -0.414 e. The number of H-pyrrole nitrogens is 1. The fourth-order valence-corrected chi connectivity index (χ4v) is 7.89. The summed E-state index contributed by atoms with van der Waals surface area (Å²) in [5.41, 5.74) is 4.64. The van der Waals surface area contributed by atoms with E-state index in [4.69, 9.17) is 19.3 Å². The molecule has 1 aromatic heterocycles. The summed E-state index contributed by atoms with van der Waals surface area (Å²) in [5.74, 6) is -0.0101. The molecule has 0 bridgehead atoms. The highest BCUT2D eigenvalue weighted by Gasteiger charge is 2.64. The molecule has 1 amide bonds. The van der Waals surface area contributed by atoms with E-state index in [0.717, 1.165) is 0 Å². The highest BCUT2D eigenvalue weighted by Crippen LogP contribution is 2.52. The van der Waals surface area contributed by atoms with Gasteiger partial charge in [-0.2, -0.15) is 0 Å². The third-order valence-corrected chi connectivity index (χ3v) is 19.0. The van der Waals surface area contributed by atoms with E-state index < -0.39 is 63.1 Å². The van der Waals surface area contributed by atoms with Gasteiger partial charge in [0.05, 0.1) is 12.6 Å². The van der Waals surface area contributed by atoms with Crippen molar-refractivity contribution in [2.45, 2.75) is 107 Å². The molecule has 13 heteroatoms. The molecule has 2 aliphatic heterocycles. The minimum absolute atomic E-state index is 0.0168. The maximum atomic E-state index is 12.9. The summed E-state index contributed by atoms with van der Waals surface area (Å²) in [6.45, 7) is 21.8. The highest BCUT2D eigenvalue weighted by atomic mass is 32.2. The number of nitrogens with one attached hydrogen (secondary N) is 2. The van der Waals surface area contributed by atoms with Crippen molar-refractivity contribution in [3.05, 3.63) is 33.1 Å². The third-order valence-electron chi connectivity index (χ3n) is 8.45. The Bertz CT molecular complexity index is 1130. The topological polar surface area (TPSA) is 138 Å². The lowest BCUT2D eigenvalue weighted by molar-refractivity contribution is -0.119. The Morgan fingerprint density at radius 3 is 2.24 bits per heavy atom. The number of ether oxygens (including phenoxy) is 1. The van der Waals surface area contributed by atoms with Crippen LogP contribution in [-0.2, 0) is 18.4 Å². The van der Waals surface area contributed by atoms with E-state index in [1.54, 1.807) is 0 Å². The van der Waals surface area contributed by atoms with Crippen molar-refractivity contribution in [3.8, 4) is 0 Å². The SMILES string of the molecule is CC(C)(C)[Si](C)(C)OC[C@H]1O[C@@H](n2ccc(=O)[nH]c2=O)[C@H](O[Si](C)(C)C(C)(C)C)[C@@]12N[C@H](C(N)=O)CS2. The van der Waals surface area contributed by atoms with Crippen LogP contribution in [0.25, 0.3) is 0 Å². The quantitative estimate of drug-likeness (QED) is 0.424. The summed E-state index contributed by atoms with van der Waals surface area (Å²) >= 11 is 1.53. The van der Waals surface area contributed by atoms with Gasteiger partial charge in [0.15, 0.2) is 22.9 Å². The van der Waals surface area contributed by atoms with Gasteiger partial charge in [0.25, 0.3) is 5.56 Å². The molecule has 0 aliphatic carbocycles. The van der Waals surface area contributed by atoms with Crippen molar-refractivity contribution < 1.29 is 18.4 Å². The lowest BCUT2D eigenvalue weighted by atomic mass is 10.1. The first-order valence-electron chi connectivity index (χ1n) is 12.7. The largest absolute Gasteiger partial charge is 0.414 e. The summed E-state index contributed by atoms with van der Waals surface area (Å²) in [5, 5.41) is 3.31. The molecule has 0 aromatic carbocycles. The molecule has 10 nitrogen and oxygen atoms in total. The molecule has 3 heterocycles. The predicted molar refractivity (Wildman–Crippen MR) is 152 cm³/mol. The molecule has 37 heavy (non-hydrogen) atoms. The number of amides is 1. The van der Waals surface area contributed by atoms with E-state index in [2.05, 4.69) is 78.0 Å². The van der Waals surface area contributed by atoms with E-state index in [9.17, 15) is 14.4 Å². The van der Waals surface area contributed by atoms with E-state index in [1.807, 2.05) is 0 Å². The molecule has 0 saturated carbocycles. The third kappa shape index (κ3) is 5.87. The molecule has 4 N–H and O–H groups in total. The van der Waals surface area contributed by atoms with Gasteiger partial charge in [-0.1, -0.05) is 41.5 Å². The number of aromatic amines is 1. The summed E-state index contributed by atoms with van der Waals surface area (Å²) in [6, 6.07) is 0.711. The molecule has 2 aliphatic rings. The van der Waals surface area contributed by atoms with Gasteiger partial charge >= 0.3 is 5.69 Å². The average molecular weight is 573 g/mol. The van der Waals surface area contributed by atoms with Crippen molar-refractivity contribution >= 4 is 34.3 Å². The van der Waals surface area contributed by atoms with Gasteiger partial charge in [-0.15, -0.1) is 11.8 Å². The zero-order chi connectivity index (χ0) is 28.2. The monoisotopic (exact) mass is 572 g/mol. The Balaban J connectivity index is 2.13.